The molecule has 0 spiro atoms. The highest BCUT2D eigenvalue weighted by Gasteiger charge is 2.33. The lowest BCUT2D eigenvalue weighted by molar-refractivity contribution is -0.136. The zero-order valence-corrected chi connectivity index (χ0v) is 29.7. The number of imidazole rings is 1. The van der Waals surface area contributed by atoms with E-state index in [4.69, 9.17) is 28.7 Å². The summed E-state index contributed by atoms with van der Waals surface area (Å²) in [5, 5.41) is 14.1. The number of carbonyl (C=O) groups excluding carboxylic acids is 10. The Hall–Kier alpha value is -6.13. The first-order valence-corrected chi connectivity index (χ1v) is 16.3. The SMILES string of the molecule is CC(C)[C@H](NC(=O)[C@H](CCC(N)=O)NC(=O)[C@@H](N)CC(N)=O)C(=O)N[C@@H](C)C(=O)N[C@@H](CC(N)=O)C(=O)N[C@@H](C)C(=O)N[C@@H](Cc1cnc[nH]1)C(N)=O. The monoisotopic (exact) mass is 751 g/mol. The number of nitrogens with one attached hydrogen (secondary N) is 7. The Morgan fingerprint density at radius 2 is 1.13 bits per heavy atom. The van der Waals surface area contributed by atoms with Gasteiger partial charge in [0.15, 0.2) is 0 Å². The molecule has 0 aliphatic carbocycles. The van der Waals surface area contributed by atoms with Gasteiger partial charge in [-0.15, -0.1) is 0 Å². The first kappa shape index (κ1) is 44.9. The molecular weight excluding hydrogens is 702 g/mol. The van der Waals surface area contributed by atoms with Gasteiger partial charge < -0.3 is 65.6 Å². The molecule has 0 aliphatic heterocycles. The number of aromatic nitrogens is 2. The highest BCUT2D eigenvalue weighted by Crippen LogP contribution is 2.07. The molecule has 0 saturated heterocycles. The Balaban J connectivity index is 2.98. The maximum atomic E-state index is 13.3. The lowest BCUT2D eigenvalue weighted by atomic mass is 10.0. The average molecular weight is 752 g/mol. The minimum atomic E-state index is -1.61. The summed E-state index contributed by atoms with van der Waals surface area (Å²) in [6.07, 6.45) is 0.892. The number of carbonyl (C=O) groups is 10. The number of primary amides is 4. The molecule has 294 valence electrons. The molecule has 1 aromatic heterocycles. The van der Waals surface area contributed by atoms with Gasteiger partial charge in [-0.1, -0.05) is 13.8 Å². The number of nitrogens with two attached hydrogens (primary N) is 5. The molecule has 0 radical (unpaired) electrons. The van der Waals surface area contributed by atoms with Crippen LogP contribution in [0.4, 0.5) is 0 Å². The van der Waals surface area contributed by atoms with E-state index in [1.807, 2.05) is 0 Å². The van der Waals surface area contributed by atoms with Crippen LogP contribution in [0.25, 0.3) is 0 Å². The lowest BCUT2D eigenvalue weighted by Gasteiger charge is -2.27. The molecule has 53 heavy (non-hydrogen) atoms. The van der Waals surface area contributed by atoms with Crippen molar-refractivity contribution < 1.29 is 47.9 Å². The number of aromatic amines is 1. The van der Waals surface area contributed by atoms with E-state index in [-0.39, 0.29) is 19.3 Å². The van der Waals surface area contributed by atoms with Gasteiger partial charge in [-0.2, -0.15) is 0 Å². The first-order valence-electron chi connectivity index (χ1n) is 16.3. The van der Waals surface area contributed by atoms with Crippen molar-refractivity contribution in [1.82, 2.24) is 41.9 Å². The quantitative estimate of drug-likeness (QED) is 0.0497. The molecule has 0 saturated carbocycles. The van der Waals surface area contributed by atoms with Gasteiger partial charge in [0.05, 0.1) is 25.2 Å². The lowest BCUT2D eigenvalue weighted by Crippen LogP contribution is -2.60. The Labute approximate surface area is 303 Å². The van der Waals surface area contributed by atoms with Crippen molar-refractivity contribution in [2.24, 2.45) is 34.6 Å². The molecule has 0 bridgehead atoms. The summed E-state index contributed by atoms with van der Waals surface area (Å²) in [4.78, 5) is 131. The van der Waals surface area contributed by atoms with E-state index in [1.54, 1.807) is 13.8 Å². The van der Waals surface area contributed by atoms with Crippen LogP contribution in [0.5, 0.6) is 0 Å². The summed E-state index contributed by atoms with van der Waals surface area (Å²) in [6, 6.07) is -9.58. The molecule has 7 atom stereocenters. The maximum Gasteiger partial charge on any atom is 0.243 e. The molecule has 0 unspecified atom stereocenters. The maximum absolute atomic E-state index is 13.3. The molecule has 1 heterocycles. The van der Waals surface area contributed by atoms with E-state index in [9.17, 15) is 47.9 Å². The largest absolute Gasteiger partial charge is 0.370 e. The van der Waals surface area contributed by atoms with Crippen molar-refractivity contribution in [1.29, 1.82) is 0 Å². The van der Waals surface area contributed by atoms with Gasteiger partial charge in [-0.3, -0.25) is 47.9 Å². The third-order valence-electron chi connectivity index (χ3n) is 7.50. The van der Waals surface area contributed by atoms with E-state index < -0.39 is 120 Å². The minimum Gasteiger partial charge on any atom is -0.370 e. The highest BCUT2D eigenvalue weighted by atomic mass is 16.2. The smallest absolute Gasteiger partial charge is 0.243 e. The van der Waals surface area contributed by atoms with Gasteiger partial charge in [0.25, 0.3) is 0 Å². The second kappa shape index (κ2) is 21.3. The van der Waals surface area contributed by atoms with E-state index >= 15 is 0 Å². The summed E-state index contributed by atoms with van der Waals surface area (Å²) < 4.78 is 0. The fourth-order valence-corrected chi connectivity index (χ4v) is 4.52. The second-order valence-corrected chi connectivity index (χ2v) is 12.5. The van der Waals surface area contributed by atoms with Crippen LogP contribution in [0, 0.1) is 5.92 Å². The number of H-pyrrole nitrogens is 1. The summed E-state index contributed by atoms with van der Waals surface area (Å²) in [5.74, 6) is -9.66. The molecule has 0 aliphatic rings. The van der Waals surface area contributed by atoms with Crippen molar-refractivity contribution in [2.75, 3.05) is 0 Å². The van der Waals surface area contributed by atoms with Crippen molar-refractivity contribution in [2.45, 2.75) is 102 Å². The summed E-state index contributed by atoms with van der Waals surface area (Å²) in [7, 11) is 0. The molecule has 23 heteroatoms. The standard InChI is InChI=1S/C30H49N13O10/c1-12(2)23(43-28(51)17(5-6-20(32)44)40-27(50)16(31)8-21(33)45)30(53)39-14(4)26(49)42-19(9-22(34)46)29(52)38-13(3)25(48)41-18(24(35)47)7-15-10-36-11-37-15/h10-14,16-19,23H,5-9,31H2,1-4H3,(H2,32,44)(H2,33,45)(H2,34,46)(H2,35,47)(H,36,37)(H,38,52)(H,39,53)(H,40,50)(H,41,48)(H,42,49)(H,43,51)/t13-,14-,16-,17-,18-,19-,23-/m0/s1. The third-order valence-corrected chi connectivity index (χ3v) is 7.50. The molecule has 1 rings (SSSR count). The zero-order valence-electron chi connectivity index (χ0n) is 29.7. The van der Waals surface area contributed by atoms with Crippen LogP contribution in [-0.2, 0) is 54.4 Å². The van der Waals surface area contributed by atoms with E-state index in [1.165, 1.54) is 26.4 Å². The highest BCUT2D eigenvalue weighted by molar-refractivity contribution is 5.98. The van der Waals surface area contributed by atoms with Gasteiger partial charge in [0, 0.05) is 24.7 Å². The van der Waals surface area contributed by atoms with Crippen LogP contribution < -0.4 is 60.6 Å². The molecule has 17 N–H and O–H groups in total. The normalized spacial score (nSPS) is 14.8. The van der Waals surface area contributed by atoms with Crippen LogP contribution in [0.1, 0.15) is 59.1 Å². The van der Waals surface area contributed by atoms with E-state index in [2.05, 4.69) is 41.9 Å². The van der Waals surface area contributed by atoms with Gasteiger partial charge in [-0.05, 0) is 26.2 Å². The molecule has 0 fully saturated rings. The Bertz CT molecular complexity index is 1520. The van der Waals surface area contributed by atoms with Gasteiger partial charge >= 0.3 is 0 Å². The van der Waals surface area contributed by atoms with Gasteiger partial charge in [-0.25, -0.2) is 4.98 Å². The number of rotatable bonds is 23. The summed E-state index contributed by atoms with van der Waals surface area (Å²) in [5.41, 5.74) is 27.0. The van der Waals surface area contributed by atoms with Crippen molar-refractivity contribution in [3.8, 4) is 0 Å². The fourth-order valence-electron chi connectivity index (χ4n) is 4.52. The predicted molar refractivity (Wildman–Crippen MR) is 183 cm³/mol. The number of hydrogen-bond donors (Lipinski definition) is 12. The van der Waals surface area contributed by atoms with Crippen LogP contribution >= 0.6 is 0 Å². The summed E-state index contributed by atoms with van der Waals surface area (Å²) in [6.45, 7) is 5.62. The molecular formula is C30H49N13O10. The first-order chi connectivity index (χ1) is 24.6. The van der Waals surface area contributed by atoms with Gasteiger partial charge in [0.2, 0.25) is 59.1 Å². The average Bonchev–Trinajstić information content (AvgIpc) is 3.56. The van der Waals surface area contributed by atoms with Crippen LogP contribution in [0.2, 0.25) is 0 Å². The number of nitrogens with zero attached hydrogens (tertiary/aromatic N) is 1. The van der Waals surface area contributed by atoms with Crippen LogP contribution in [-0.4, -0.2) is 111 Å². The summed E-state index contributed by atoms with van der Waals surface area (Å²) >= 11 is 0. The number of amides is 10. The Morgan fingerprint density at radius 3 is 1.60 bits per heavy atom. The van der Waals surface area contributed by atoms with Crippen molar-refractivity contribution in [3.05, 3.63) is 18.2 Å². The Kier molecular flexibility index (Phi) is 18.0. The van der Waals surface area contributed by atoms with Crippen molar-refractivity contribution in [3.63, 3.8) is 0 Å². The minimum absolute atomic E-state index is 0.0212. The topological polar surface area (TPSA) is 402 Å². The van der Waals surface area contributed by atoms with Gasteiger partial charge in [0.1, 0.15) is 36.3 Å². The Morgan fingerprint density at radius 1 is 0.623 bits per heavy atom. The molecule has 0 aromatic carbocycles. The second-order valence-electron chi connectivity index (χ2n) is 12.5. The predicted octanol–water partition coefficient (Wildman–Crippen LogP) is -6.61. The zero-order chi connectivity index (χ0) is 40.6. The third kappa shape index (κ3) is 16.2. The van der Waals surface area contributed by atoms with E-state index in [0.29, 0.717) is 5.69 Å². The van der Waals surface area contributed by atoms with Crippen molar-refractivity contribution >= 4 is 59.1 Å². The van der Waals surface area contributed by atoms with Crippen LogP contribution in [0.3, 0.4) is 0 Å². The number of hydrogen-bond acceptors (Lipinski definition) is 12. The fraction of sp³-hybridized carbons (Fsp3) is 0.567. The van der Waals surface area contributed by atoms with E-state index in [0.717, 1.165) is 0 Å². The van der Waals surface area contributed by atoms with Crippen LogP contribution in [0.15, 0.2) is 12.5 Å². The molecule has 10 amide bonds. The molecule has 1 aromatic rings. The molecule has 23 nitrogen and oxygen atoms in total.